The van der Waals surface area contributed by atoms with Gasteiger partial charge in [0.25, 0.3) is 0 Å². The standard InChI is InChI=1S/C18H27NO3/c1-14(2)15-7-9-16(10-8-15)21-12-4-6-18(20)19-13-17-5-3-11-22-17/h7-10,14,17H,3-6,11-13H2,1-2H3,(H,19,20). The monoisotopic (exact) mass is 305 g/mol. The maximum atomic E-state index is 11.7. The van der Waals surface area contributed by atoms with E-state index in [-0.39, 0.29) is 12.0 Å². The minimum atomic E-state index is 0.0780. The third kappa shape index (κ3) is 5.68. The second kappa shape index (κ2) is 8.79. The van der Waals surface area contributed by atoms with Gasteiger partial charge in [-0.3, -0.25) is 4.79 Å². The van der Waals surface area contributed by atoms with Crippen molar-refractivity contribution >= 4 is 5.91 Å². The van der Waals surface area contributed by atoms with Crippen molar-refractivity contribution in [1.82, 2.24) is 5.32 Å². The van der Waals surface area contributed by atoms with Gasteiger partial charge in [0, 0.05) is 19.6 Å². The number of rotatable bonds is 8. The average Bonchev–Trinajstić information content (AvgIpc) is 3.03. The summed E-state index contributed by atoms with van der Waals surface area (Å²) in [5.74, 6) is 1.47. The summed E-state index contributed by atoms with van der Waals surface area (Å²) in [7, 11) is 0. The van der Waals surface area contributed by atoms with E-state index in [1.54, 1.807) is 0 Å². The zero-order chi connectivity index (χ0) is 15.8. The Labute approximate surface area is 133 Å². The molecule has 4 nitrogen and oxygen atoms in total. The number of carbonyl (C=O) groups is 1. The summed E-state index contributed by atoms with van der Waals surface area (Å²) in [6, 6.07) is 8.17. The maximum absolute atomic E-state index is 11.7. The summed E-state index contributed by atoms with van der Waals surface area (Å²) in [6.07, 6.45) is 3.58. The van der Waals surface area contributed by atoms with E-state index in [4.69, 9.17) is 9.47 Å². The van der Waals surface area contributed by atoms with Crippen molar-refractivity contribution < 1.29 is 14.3 Å². The molecule has 1 aliphatic rings. The Hall–Kier alpha value is -1.55. The van der Waals surface area contributed by atoms with Crippen LogP contribution in [-0.4, -0.2) is 31.8 Å². The minimum Gasteiger partial charge on any atom is -0.494 e. The molecule has 0 aromatic heterocycles. The van der Waals surface area contributed by atoms with Gasteiger partial charge in [0.05, 0.1) is 12.7 Å². The first-order valence-corrected chi connectivity index (χ1v) is 8.26. The lowest BCUT2D eigenvalue weighted by Gasteiger charge is -2.11. The van der Waals surface area contributed by atoms with E-state index in [1.807, 2.05) is 12.1 Å². The van der Waals surface area contributed by atoms with E-state index in [0.29, 0.717) is 25.5 Å². The Morgan fingerprint density at radius 2 is 2.14 bits per heavy atom. The smallest absolute Gasteiger partial charge is 0.220 e. The Bertz CT molecular complexity index is 450. The van der Waals surface area contributed by atoms with Crippen LogP contribution in [0.5, 0.6) is 5.75 Å². The summed E-state index contributed by atoms with van der Waals surface area (Å²) in [5.41, 5.74) is 1.31. The highest BCUT2D eigenvalue weighted by atomic mass is 16.5. The van der Waals surface area contributed by atoms with Crippen LogP contribution in [0.2, 0.25) is 0 Å². The van der Waals surface area contributed by atoms with E-state index in [1.165, 1.54) is 5.56 Å². The first-order chi connectivity index (χ1) is 10.6. The van der Waals surface area contributed by atoms with Crippen molar-refractivity contribution in [2.24, 2.45) is 0 Å². The predicted molar refractivity (Wildman–Crippen MR) is 87.2 cm³/mol. The molecule has 1 heterocycles. The van der Waals surface area contributed by atoms with E-state index in [0.717, 1.165) is 31.6 Å². The lowest BCUT2D eigenvalue weighted by Crippen LogP contribution is -2.31. The van der Waals surface area contributed by atoms with Crippen LogP contribution in [0.3, 0.4) is 0 Å². The van der Waals surface area contributed by atoms with Crippen LogP contribution in [0.25, 0.3) is 0 Å². The summed E-state index contributed by atoms with van der Waals surface area (Å²) in [4.78, 5) is 11.7. The van der Waals surface area contributed by atoms with Gasteiger partial charge in [0.15, 0.2) is 0 Å². The molecule has 1 unspecified atom stereocenters. The van der Waals surface area contributed by atoms with Gasteiger partial charge in [-0.2, -0.15) is 0 Å². The Balaban J connectivity index is 1.57. The molecule has 22 heavy (non-hydrogen) atoms. The summed E-state index contributed by atoms with van der Waals surface area (Å²) in [6.45, 7) is 6.37. The molecule has 0 radical (unpaired) electrons. The van der Waals surface area contributed by atoms with E-state index in [2.05, 4.69) is 31.3 Å². The van der Waals surface area contributed by atoms with Gasteiger partial charge in [-0.05, 0) is 42.9 Å². The van der Waals surface area contributed by atoms with Crippen LogP contribution < -0.4 is 10.1 Å². The molecule has 1 aliphatic heterocycles. The number of hydrogen-bond acceptors (Lipinski definition) is 3. The third-order valence-electron chi connectivity index (χ3n) is 3.91. The maximum Gasteiger partial charge on any atom is 0.220 e. The fourth-order valence-corrected chi connectivity index (χ4v) is 2.49. The Kier molecular flexibility index (Phi) is 6.72. The van der Waals surface area contributed by atoms with Gasteiger partial charge < -0.3 is 14.8 Å². The largest absolute Gasteiger partial charge is 0.494 e. The molecule has 1 atom stereocenters. The second-order valence-electron chi connectivity index (χ2n) is 6.11. The fourth-order valence-electron chi connectivity index (χ4n) is 2.49. The minimum absolute atomic E-state index is 0.0780. The second-order valence-corrected chi connectivity index (χ2v) is 6.11. The van der Waals surface area contributed by atoms with E-state index < -0.39 is 0 Å². The van der Waals surface area contributed by atoms with Crippen molar-refractivity contribution in [2.75, 3.05) is 19.8 Å². The Morgan fingerprint density at radius 3 is 2.77 bits per heavy atom. The molecule has 0 aliphatic carbocycles. The van der Waals surface area contributed by atoms with Crippen molar-refractivity contribution in [3.05, 3.63) is 29.8 Å². The summed E-state index contributed by atoms with van der Waals surface area (Å²) in [5, 5.41) is 2.92. The normalized spacial score (nSPS) is 17.7. The van der Waals surface area contributed by atoms with Crippen LogP contribution in [0, 0.1) is 0 Å². The first kappa shape index (κ1) is 16.8. The number of amides is 1. The highest BCUT2D eigenvalue weighted by Crippen LogP contribution is 2.18. The Morgan fingerprint density at radius 1 is 1.36 bits per heavy atom. The summed E-state index contributed by atoms with van der Waals surface area (Å²) < 4.78 is 11.1. The van der Waals surface area contributed by atoms with E-state index >= 15 is 0 Å². The van der Waals surface area contributed by atoms with Crippen molar-refractivity contribution in [2.45, 2.75) is 51.6 Å². The molecule has 2 rings (SSSR count). The van der Waals surface area contributed by atoms with Gasteiger partial charge in [0.2, 0.25) is 5.91 Å². The van der Waals surface area contributed by atoms with Crippen LogP contribution in [-0.2, 0) is 9.53 Å². The highest BCUT2D eigenvalue weighted by molar-refractivity contribution is 5.75. The lowest BCUT2D eigenvalue weighted by atomic mass is 10.0. The van der Waals surface area contributed by atoms with Crippen molar-refractivity contribution in [3.8, 4) is 5.75 Å². The van der Waals surface area contributed by atoms with Crippen LogP contribution in [0.4, 0.5) is 0 Å². The molecule has 1 amide bonds. The van der Waals surface area contributed by atoms with Crippen LogP contribution in [0.15, 0.2) is 24.3 Å². The number of carbonyl (C=O) groups excluding carboxylic acids is 1. The molecule has 1 aromatic carbocycles. The van der Waals surface area contributed by atoms with Gasteiger partial charge >= 0.3 is 0 Å². The lowest BCUT2D eigenvalue weighted by molar-refractivity contribution is -0.121. The van der Waals surface area contributed by atoms with Crippen LogP contribution in [0.1, 0.15) is 51.0 Å². The molecule has 0 bridgehead atoms. The number of hydrogen-bond donors (Lipinski definition) is 1. The highest BCUT2D eigenvalue weighted by Gasteiger charge is 2.15. The topological polar surface area (TPSA) is 47.6 Å². The molecule has 1 N–H and O–H groups in total. The third-order valence-corrected chi connectivity index (χ3v) is 3.91. The molecule has 1 saturated heterocycles. The zero-order valence-corrected chi connectivity index (χ0v) is 13.6. The molecule has 122 valence electrons. The van der Waals surface area contributed by atoms with Crippen LogP contribution >= 0.6 is 0 Å². The zero-order valence-electron chi connectivity index (χ0n) is 13.6. The molecular weight excluding hydrogens is 278 g/mol. The molecule has 4 heteroatoms. The molecule has 1 aromatic rings. The molecular formula is C18H27NO3. The van der Waals surface area contributed by atoms with Crippen molar-refractivity contribution in [3.63, 3.8) is 0 Å². The van der Waals surface area contributed by atoms with Gasteiger partial charge in [0.1, 0.15) is 5.75 Å². The van der Waals surface area contributed by atoms with Crippen molar-refractivity contribution in [1.29, 1.82) is 0 Å². The quantitative estimate of drug-likeness (QED) is 0.750. The number of benzene rings is 1. The van der Waals surface area contributed by atoms with Gasteiger partial charge in [-0.1, -0.05) is 26.0 Å². The molecule has 1 fully saturated rings. The predicted octanol–water partition coefficient (Wildman–Crippen LogP) is 3.26. The van der Waals surface area contributed by atoms with E-state index in [9.17, 15) is 4.79 Å². The first-order valence-electron chi connectivity index (χ1n) is 8.26. The molecule has 0 saturated carbocycles. The SMILES string of the molecule is CC(C)c1ccc(OCCCC(=O)NCC2CCCO2)cc1. The fraction of sp³-hybridized carbons (Fsp3) is 0.611. The number of ether oxygens (including phenoxy) is 2. The summed E-state index contributed by atoms with van der Waals surface area (Å²) >= 11 is 0. The number of nitrogens with one attached hydrogen (secondary N) is 1. The average molecular weight is 305 g/mol. The van der Waals surface area contributed by atoms with Gasteiger partial charge in [-0.25, -0.2) is 0 Å². The van der Waals surface area contributed by atoms with Gasteiger partial charge in [-0.15, -0.1) is 0 Å². The molecule has 0 spiro atoms.